The molecule has 0 unspecified atom stereocenters. The number of fused-ring (bicyclic) bond motifs is 1. The number of likely N-dealkylation sites (N-methyl/N-ethyl adjacent to an activating group) is 1. The van der Waals surface area contributed by atoms with E-state index in [-0.39, 0.29) is 0 Å². The molecular formula is C15H25N3O2. The van der Waals surface area contributed by atoms with Crippen LogP contribution in [0.5, 0.6) is 5.75 Å². The molecule has 0 atom stereocenters. The van der Waals surface area contributed by atoms with Gasteiger partial charge in [-0.05, 0) is 31.2 Å². The molecule has 0 aromatic heterocycles. The number of hydrogen-bond donors (Lipinski definition) is 1. The van der Waals surface area contributed by atoms with Gasteiger partial charge in [0.25, 0.3) is 0 Å². The largest absolute Gasteiger partial charge is 0.495 e. The molecule has 2 N–H and O–H groups in total. The first-order valence-electron chi connectivity index (χ1n) is 7.04. The summed E-state index contributed by atoms with van der Waals surface area (Å²) in [5.74, 6) is 0.780. The van der Waals surface area contributed by atoms with E-state index in [1.807, 2.05) is 6.07 Å². The molecule has 0 saturated heterocycles. The van der Waals surface area contributed by atoms with E-state index in [4.69, 9.17) is 15.2 Å². The summed E-state index contributed by atoms with van der Waals surface area (Å²) in [6.45, 7) is 4.83. The molecule has 0 radical (unpaired) electrons. The molecule has 0 aliphatic carbocycles. The maximum absolute atomic E-state index is 6.01. The molecule has 5 nitrogen and oxygen atoms in total. The quantitative estimate of drug-likeness (QED) is 0.761. The van der Waals surface area contributed by atoms with Gasteiger partial charge in [0.05, 0.1) is 19.4 Å². The second kappa shape index (κ2) is 6.81. The Labute approximate surface area is 121 Å². The van der Waals surface area contributed by atoms with Crippen LogP contribution in [0.1, 0.15) is 5.56 Å². The predicted molar refractivity (Wildman–Crippen MR) is 82.7 cm³/mol. The van der Waals surface area contributed by atoms with Crippen molar-refractivity contribution in [3.05, 3.63) is 17.7 Å². The lowest BCUT2D eigenvalue weighted by atomic mass is 10.1. The zero-order chi connectivity index (χ0) is 14.5. The summed E-state index contributed by atoms with van der Waals surface area (Å²) in [6, 6.07) is 4.11. The lowest BCUT2D eigenvalue weighted by molar-refractivity contribution is 0.162. The second-order valence-corrected chi connectivity index (χ2v) is 5.26. The smallest absolute Gasteiger partial charge is 0.142 e. The van der Waals surface area contributed by atoms with Crippen LogP contribution < -0.4 is 15.4 Å². The Balaban J connectivity index is 1.96. The van der Waals surface area contributed by atoms with Crippen LogP contribution in [0.15, 0.2) is 12.1 Å². The minimum atomic E-state index is 0.714. The minimum Gasteiger partial charge on any atom is -0.495 e. The first-order chi connectivity index (χ1) is 9.65. The molecule has 0 bridgehead atoms. The molecule has 5 heteroatoms. The highest BCUT2D eigenvalue weighted by Crippen LogP contribution is 2.35. The van der Waals surface area contributed by atoms with Crippen molar-refractivity contribution in [1.29, 1.82) is 0 Å². The van der Waals surface area contributed by atoms with Crippen molar-refractivity contribution in [3.63, 3.8) is 0 Å². The number of ether oxygens (including phenoxy) is 2. The van der Waals surface area contributed by atoms with Crippen LogP contribution in [-0.2, 0) is 11.2 Å². The molecule has 0 amide bonds. The highest BCUT2D eigenvalue weighted by Gasteiger charge is 2.21. The van der Waals surface area contributed by atoms with Gasteiger partial charge in [0.1, 0.15) is 5.75 Å². The molecule has 2 rings (SSSR count). The van der Waals surface area contributed by atoms with Gasteiger partial charge in [0, 0.05) is 39.0 Å². The average molecular weight is 279 g/mol. The fourth-order valence-corrected chi connectivity index (χ4v) is 2.56. The van der Waals surface area contributed by atoms with Gasteiger partial charge in [-0.15, -0.1) is 0 Å². The SMILES string of the molecule is COCCN(C)CCN1CCc2cc(OC)c(N)cc21. The lowest BCUT2D eigenvalue weighted by Crippen LogP contribution is -2.33. The topological polar surface area (TPSA) is 51.0 Å². The van der Waals surface area contributed by atoms with Crippen LogP contribution in [0.2, 0.25) is 0 Å². The lowest BCUT2D eigenvalue weighted by Gasteiger charge is -2.24. The van der Waals surface area contributed by atoms with Crippen molar-refractivity contribution >= 4 is 11.4 Å². The van der Waals surface area contributed by atoms with E-state index in [1.165, 1.54) is 11.3 Å². The van der Waals surface area contributed by atoms with Crippen LogP contribution in [-0.4, -0.2) is 59.0 Å². The van der Waals surface area contributed by atoms with Gasteiger partial charge in [-0.1, -0.05) is 0 Å². The Kier molecular flexibility index (Phi) is 5.09. The summed E-state index contributed by atoms with van der Waals surface area (Å²) < 4.78 is 10.4. The molecule has 1 heterocycles. The third kappa shape index (κ3) is 3.35. The highest BCUT2D eigenvalue weighted by molar-refractivity contribution is 5.69. The maximum atomic E-state index is 6.01. The molecular weight excluding hydrogens is 254 g/mol. The molecule has 1 aliphatic rings. The number of hydrogen-bond acceptors (Lipinski definition) is 5. The molecule has 1 aromatic rings. The van der Waals surface area contributed by atoms with E-state index < -0.39 is 0 Å². The van der Waals surface area contributed by atoms with Gasteiger partial charge in [0.15, 0.2) is 0 Å². The normalized spacial score (nSPS) is 13.9. The average Bonchev–Trinajstić information content (AvgIpc) is 2.83. The van der Waals surface area contributed by atoms with Crippen LogP contribution >= 0.6 is 0 Å². The molecule has 0 saturated carbocycles. The Hall–Kier alpha value is -1.46. The first-order valence-corrected chi connectivity index (χ1v) is 7.04. The Morgan fingerprint density at radius 1 is 1.30 bits per heavy atom. The minimum absolute atomic E-state index is 0.714. The zero-order valence-electron chi connectivity index (χ0n) is 12.7. The van der Waals surface area contributed by atoms with E-state index in [0.29, 0.717) is 5.69 Å². The first kappa shape index (κ1) is 14.9. The van der Waals surface area contributed by atoms with E-state index in [1.54, 1.807) is 14.2 Å². The Morgan fingerprint density at radius 2 is 2.10 bits per heavy atom. The number of methoxy groups -OCH3 is 2. The van der Waals surface area contributed by atoms with Gasteiger partial charge in [-0.2, -0.15) is 0 Å². The predicted octanol–water partition coefficient (Wildman–Crippen LogP) is 1.22. The second-order valence-electron chi connectivity index (χ2n) is 5.26. The molecule has 1 aliphatic heterocycles. The van der Waals surface area contributed by atoms with Gasteiger partial charge < -0.3 is 25.0 Å². The fraction of sp³-hybridized carbons (Fsp3) is 0.600. The van der Waals surface area contributed by atoms with Crippen LogP contribution in [0, 0.1) is 0 Å². The number of benzene rings is 1. The van der Waals surface area contributed by atoms with Gasteiger partial charge in [0.2, 0.25) is 0 Å². The molecule has 1 aromatic carbocycles. The third-order valence-electron chi connectivity index (χ3n) is 3.85. The van der Waals surface area contributed by atoms with Gasteiger partial charge in [-0.25, -0.2) is 0 Å². The van der Waals surface area contributed by atoms with Crippen molar-refractivity contribution < 1.29 is 9.47 Å². The van der Waals surface area contributed by atoms with Gasteiger partial charge in [-0.3, -0.25) is 0 Å². The van der Waals surface area contributed by atoms with Gasteiger partial charge >= 0.3 is 0 Å². The Morgan fingerprint density at radius 3 is 2.80 bits per heavy atom. The van der Waals surface area contributed by atoms with E-state index in [0.717, 1.165) is 45.0 Å². The summed E-state index contributed by atoms with van der Waals surface area (Å²) in [6.07, 6.45) is 1.06. The summed E-state index contributed by atoms with van der Waals surface area (Å²) in [5.41, 5.74) is 9.31. The summed E-state index contributed by atoms with van der Waals surface area (Å²) >= 11 is 0. The monoisotopic (exact) mass is 279 g/mol. The van der Waals surface area contributed by atoms with Crippen molar-refractivity contribution in [1.82, 2.24) is 4.90 Å². The molecule has 112 valence electrons. The number of nitrogens with zero attached hydrogens (tertiary/aromatic N) is 2. The maximum Gasteiger partial charge on any atom is 0.142 e. The van der Waals surface area contributed by atoms with E-state index in [2.05, 4.69) is 22.9 Å². The van der Waals surface area contributed by atoms with E-state index in [9.17, 15) is 0 Å². The van der Waals surface area contributed by atoms with Crippen LogP contribution in [0.3, 0.4) is 0 Å². The highest BCUT2D eigenvalue weighted by atomic mass is 16.5. The standard InChI is InChI=1S/C15H25N3O2/c1-17(8-9-19-2)6-7-18-5-4-12-10-15(20-3)13(16)11-14(12)18/h10-11H,4-9,16H2,1-3H3. The molecule has 0 spiro atoms. The number of rotatable bonds is 7. The van der Waals surface area contributed by atoms with Crippen molar-refractivity contribution in [2.45, 2.75) is 6.42 Å². The number of nitrogen functional groups attached to an aromatic ring is 1. The number of nitrogens with two attached hydrogens (primary N) is 1. The third-order valence-corrected chi connectivity index (χ3v) is 3.85. The van der Waals surface area contributed by atoms with Crippen molar-refractivity contribution in [2.24, 2.45) is 0 Å². The van der Waals surface area contributed by atoms with E-state index >= 15 is 0 Å². The Bertz CT molecular complexity index is 451. The summed E-state index contributed by atoms with van der Waals surface area (Å²) in [5, 5.41) is 0. The summed E-state index contributed by atoms with van der Waals surface area (Å²) in [4.78, 5) is 4.68. The molecule has 20 heavy (non-hydrogen) atoms. The van der Waals surface area contributed by atoms with Crippen molar-refractivity contribution in [3.8, 4) is 5.75 Å². The van der Waals surface area contributed by atoms with Crippen LogP contribution in [0.4, 0.5) is 11.4 Å². The molecule has 0 fully saturated rings. The fourth-order valence-electron chi connectivity index (χ4n) is 2.56. The van der Waals surface area contributed by atoms with Crippen molar-refractivity contribution in [2.75, 3.05) is 64.7 Å². The van der Waals surface area contributed by atoms with Crippen LogP contribution in [0.25, 0.3) is 0 Å². The number of anilines is 2. The summed E-state index contributed by atoms with van der Waals surface area (Å²) in [7, 11) is 5.52. The zero-order valence-corrected chi connectivity index (χ0v) is 12.7.